The molecule has 0 saturated heterocycles. The van der Waals surface area contributed by atoms with Gasteiger partial charge in [-0.3, -0.25) is 0 Å². The van der Waals surface area contributed by atoms with Crippen LogP contribution in [0.5, 0.6) is 0 Å². The lowest BCUT2D eigenvalue weighted by Gasteiger charge is -2.61. The number of halogens is 1. The van der Waals surface area contributed by atoms with E-state index >= 15 is 0 Å². The predicted molar refractivity (Wildman–Crippen MR) is 127 cm³/mol. The van der Waals surface area contributed by atoms with E-state index in [0.717, 1.165) is 47.8 Å². The smallest absolute Gasteiger partial charge is 0.0670 e. The third-order valence-electron chi connectivity index (χ3n) is 10.8. The van der Waals surface area contributed by atoms with Crippen LogP contribution < -0.4 is 0 Å². The standard InChI is InChI=1S/C27H47BrO/c1-17(2)7-6-8-18(3)21-11-12-22-20-10-9-19-15-24(28)25(29)16-27(19,5)23(20)13-14-26(21,22)4/h17-25,29H,6-16H2,1-5H3/t18-,19+,20+,21-,22+,23+,24+,25+,26-,27+/m1/s1. The van der Waals surface area contributed by atoms with Crippen molar-refractivity contribution in [3.63, 3.8) is 0 Å². The number of hydrogen-bond donors (Lipinski definition) is 1. The fraction of sp³-hybridized carbons (Fsp3) is 1.00. The Morgan fingerprint density at radius 3 is 2.38 bits per heavy atom. The zero-order valence-corrected chi connectivity index (χ0v) is 21.4. The first-order valence-corrected chi connectivity index (χ1v) is 13.9. The summed E-state index contributed by atoms with van der Waals surface area (Å²) in [6, 6.07) is 0. The summed E-state index contributed by atoms with van der Waals surface area (Å²) in [5, 5.41) is 10.7. The molecule has 0 spiro atoms. The van der Waals surface area contributed by atoms with Gasteiger partial charge in [-0.05, 0) is 104 Å². The lowest BCUT2D eigenvalue weighted by Crippen LogP contribution is -2.56. The number of fused-ring (bicyclic) bond motifs is 5. The second kappa shape index (κ2) is 8.42. The normalized spacial score (nSPS) is 50.7. The van der Waals surface area contributed by atoms with Gasteiger partial charge in [-0.15, -0.1) is 0 Å². The van der Waals surface area contributed by atoms with Crippen LogP contribution in [0.3, 0.4) is 0 Å². The summed E-state index contributed by atoms with van der Waals surface area (Å²) < 4.78 is 0. The molecule has 0 bridgehead atoms. The van der Waals surface area contributed by atoms with E-state index in [4.69, 9.17) is 0 Å². The lowest BCUT2D eigenvalue weighted by molar-refractivity contribution is -0.130. The maximum absolute atomic E-state index is 10.7. The monoisotopic (exact) mass is 466 g/mol. The number of alkyl halides is 1. The first-order chi connectivity index (χ1) is 13.7. The van der Waals surface area contributed by atoms with Gasteiger partial charge in [0.1, 0.15) is 0 Å². The molecular weight excluding hydrogens is 420 g/mol. The Morgan fingerprint density at radius 1 is 0.931 bits per heavy atom. The molecule has 0 aromatic carbocycles. The van der Waals surface area contributed by atoms with Gasteiger partial charge in [-0.2, -0.15) is 0 Å². The Hall–Kier alpha value is 0.440. The third-order valence-corrected chi connectivity index (χ3v) is 11.8. The average molecular weight is 468 g/mol. The Kier molecular flexibility index (Phi) is 6.57. The Labute approximate surface area is 189 Å². The van der Waals surface area contributed by atoms with Crippen LogP contribution in [0.2, 0.25) is 0 Å². The maximum atomic E-state index is 10.7. The molecule has 0 aromatic rings. The molecule has 0 aromatic heterocycles. The van der Waals surface area contributed by atoms with E-state index in [1.165, 1.54) is 64.2 Å². The van der Waals surface area contributed by atoms with Gasteiger partial charge >= 0.3 is 0 Å². The van der Waals surface area contributed by atoms with Gasteiger partial charge in [-0.25, -0.2) is 0 Å². The van der Waals surface area contributed by atoms with E-state index in [9.17, 15) is 5.11 Å². The average Bonchev–Trinajstić information content (AvgIpc) is 3.00. The summed E-state index contributed by atoms with van der Waals surface area (Å²) in [5.41, 5.74) is 0.974. The van der Waals surface area contributed by atoms with Crippen LogP contribution in [-0.4, -0.2) is 16.0 Å². The Morgan fingerprint density at radius 2 is 1.66 bits per heavy atom. The van der Waals surface area contributed by atoms with Crippen molar-refractivity contribution in [1.29, 1.82) is 0 Å². The number of aliphatic hydroxyl groups is 1. The summed E-state index contributed by atoms with van der Waals surface area (Å²) in [6.45, 7) is 12.6. The molecule has 0 amide bonds. The van der Waals surface area contributed by atoms with Crippen molar-refractivity contribution in [2.24, 2.45) is 52.3 Å². The van der Waals surface area contributed by atoms with Gasteiger partial charge in [0.15, 0.2) is 0 Å². The summed E-state index contributed by atoms with van der Waals surface area (Å²) in [7, 11) is 0. The van der Waals surface area contributed by atoms with Crippen LogP contribution in [-0.2, 0) is 0 Å². The molecule has 1 N–H and O–H groups in total. The van der Waals surface area contributed by atoms with Gasteiger partial charge in [0, 0.05) is 4.83 Å². The van der Waals surface area contributed by atoms with Gasteiger partial charge in [-0.1, -0.05) is 69.8 Å². The predicted octanol–water partition coefficient (Wildman–Crippen LogP) is 7.84. The molecule has 4 saturated carbocycles. The van der Waals surface area contributed by atoms with E-state index < -0.39 is 0 Å². The largest absolute Gasteiger partial charge is 0.392 e. The molecule has 0 aliphatic heterocycles. The highest BCUT2D eigenvalue weighted by Crippen LogP contribution is 2.68. The molecule has 4 fully saturated rings. The van der Waals surface area contributed by atoms with Crippen LogP contribution in [0.25, 0.3) is 0 Å². The van der Waals surface area contributed by atoms with Crippen molar-refractivity contribution in [3.8, 4) is 0 Å². The SMILES string of the molecule is CC(C)CCC[C@@H](C)[C@H]1CC[C@H]2[C@@H]3CC[C@H]4C[C@H](Br)[C@@H](O)C[C@]4(C)[C@H]3CC[C@]12C. The zero-order valence-electron chi connectivity index (χ0n) is 19.8. The molecule has 29 heavy (non-hydrogen) atoms. The second-order valence-corrected chi connectivity index (χ2v) is 13.9. The van der Waals surface area contributed by atoms with Crippen LogP contribution in [0.4, 0.5) is 0 Å². The quantitative estimate of drug-likeness (QED) is 0.408. The van der Waals surface area contributed by atoms with E-state index in [1.807, 2.05) is 0 Å². The highest BCUT2D eigenvalue weighted by molar-refractivity contribution is 9.09. The molecule has 4 aliphatic carbocycles. The minimum Gasteiger partial charge on any atom is -0.392 e. The van der Waals surface area contributed by atoms with E-state index in [1.54, 1.807) is 0 Å². The Bertz CT molecular complexity index is 575. The molecule has 4 rings (SSSR count). The minimum atomic E-state index is -0.138. The molecule has 4 aliphatic rings. The molecule has 0 radical (unpaired) electrons. The highest BCUT2D eigenvalue weighted by atomic mass is 79.9. The van der Waals surface area contributed by atoms with Gasteiger partial charge in [0.05, 0.1) is 6.10 Å². The summed E-state index contributed by atoms with van der Waals surface area (Å²) >= 11 is 3.78. The number of aliphatic hydroxyl groups excluding tert-OH is 1. The van der Waals surface area contributed by atoms with Gasteiger partial charge in [0.2, 0.25) is 0 Å². The molecule has 1 nitrogen and oxygen atoms in total. The van der Waals surface area contributed by atoms with Gasteiger partial charge < -0.3 is 5.11 Å². The zero-order chi connectivity index (χ0) is 21.0. The van der Waals surface area contributed by atoms with Crippen molar-refractivity contribution >= 4 is 15.9 Å². The summed E-state index contributed by atoms with van der Waals surface area (Å²) in [5.74, 6) is 6.28. The third kappa shape index (κ3) is 3.90. The molecule has 0 unspecified atom stereocenters. The van der Waals surface area contributed by atoms with E-state index in [0.29, 0.717) is 15.7 Å². The van der Waals surface area contributed by atoms with Crippen molar-refractivity contribution in [1.82, 2.24) is 0 Å². The van der Waals surface area contributed by atoms with Crippen LogP contribution in [0, 0.1) is 52.3 Å². The lowest BCUT2D eigenvalue weighted by atomic mass is 9.44. The van der Waals surface area contributed by atoms with Crippen LogP contribution in [0.1, 0.15) is 105 Å². The van der Waals surface area contributed by atoms with Gasteiger partial charge in [0.25, 0.3) is 0 Å². The fourth-order valence-electron chi connectivity index (χ4n) is 9.27. The van der Waals surface area contributed by atoms with Crippen molar-refractivity contribution < 1.29 is 5.11 Å². The first kappa shape index (κ1) is 22.6. The van der Waals surface area contributed by atoms with E-state index in [2.05, 4.69) is 50.5 Å². The van der Waals surface area contributed by atoms with Crippen molar-refractivity contribution in [2.75, 3.05) is 0 Å². The Balaban J connectivity index is 1.47. The number of rotatable bonds is 5. The summed E-state index contributed by atoms with van der Waals surface area (Å²) in [4.78, 5) is 0.327. The second-order valence-electron chi connectivity index (χ2n) is 12.7. The number of hydrogen-bond acceptors (Lipinski definition) is 1. The molecule has 0 heterocycles. The molecule has 10 atom stereocenters. The molecular formula is C27H47BrO. The maximum Gasteiger partial charge on any atom is 0.0670 e. The van der Waals surface area contributed by atoms with Crippen LogP contribution >= 0.6 is 15.9 Å². The van der Waals surface area contributed by atoms with Crippen molar-refractivity contribution in [2.45, 2.75) is 116 Å². The van der Waals surface area contributed by atoms with Crippen LogP contribution in [0.15, 0.2) is 0 Å². The van der Waals surface area contributed by atoms with E-state index in [-0.39, 0.29) is 6.10 Å². The minimum absolute atomic E-state index is 0.138. The fourth-order valence-corrected chi connectivity index (χ4v) is 9.91. The summed E-state index contributed by atoms with van der Waals surface area (Å²) in [6.07, 6.45) is 15.1. The topological polar surface area (TPSA) is 20.2 Å². The molecule has 2 heteroatoms. The van der Waals surface area contributed by atoms with Crippen molar-refractivity contribution in [3.05, 3.63) is 0 Å². The molecule has 168 valence electrons. The first-order valence-electron chi connectivity index (χ1n) is 13.0. The highest BCUT2D eigenvalue weighted by Gasteiger charge is 2.61.